The summed E-state index contributed by atoms with van der Waals surface area (Å²) >= 11 is 0. The summed E-state index contributed by atoms with van der Waals surface area (Å²) in [6.45, 7) is 7.59. The zero-order valence-electron chi connectivity index (χ0n) is 10.3. The largest absolute Gasteiger partial charge is 0.313 e. The first-order chi connectivity index (χ1) is 6.84. The van der Waals surface area contributed by atoms with Crippen molar-refractivity contribution in [1.82, 2.24) is 10.2 Å². The van der Waals surface area contributed by atoms with E-state index in [1.54, 1.807) is 0 Å². The van der Waals surface area contributed by atoms with Crippen molar-refractivity contribution in [3.05, 3.63) is 0 Å². The molecule has 98 valence electrons. The Labute approximate surface area is 112 Å². The smallest absolute Gasteiger partial charge is 0.0195 e. The van der Waals surface area contributed by atoms with Crippen molar-refractivity contribution in [3.8, 4) is 0 Å². The van der Waals surface area contributed by atoms with Gasteiger partial charge in [0, 0.05) is 12.6 Å². The van der Waals surface area contributed by atoms with Crippen molar-refractivity contribution in [2.75, 3.05) is 26.2 Å². The van der Waals surface area contributed by atoms with Crippen molar-refractivity contribution >= 4 is 24.8 Å². The van der Waals surface area contributed by atoms with Gasteiger partial charge in [0.05, 0.1) is 0 Å². The third kappa shape index (κ3) is 5.22. The van der Waals surface area contributed by atoms with Gasteiger partial charge in [-0.1, -0.05) is 13.3 Å². The number of rotatable bonds is 2. The first kappa shape index (κ1) is 16.5. The highest BCUT2D eigenvalue weighted by Gasteiger charge is 2.20. The predicted molar refractivity (Wildman–Crippen MR) is 75.0 cm³/mol. The molecule has 0 spiro atoms. The highest BCUT2D eigenvalue weighted by molar-refractivity contribution is 5.85. The molecule has 0 bridgehead atoms. The minimum absolute atomic E-state index is 0. The molecule has 2 rings (SSSR count). The second-order valence-corrected chi connectivity index (χ2v) is 5.13. The van der Waals surface area contributed by atoms with Crippen LogP contribution in [0.4, 0.5) is 0 Å². The molecule has 2 aliphatic rings. The maximum Gasteiger partial charge on any atom is 0.0195 e. The molecule has 0 aliphatic carbocycles. The Morgan fingerprint density at radius 2 is 1.75 bits per heavy atom. The van der Waals surface area contributed by atoms with Crippen molar-refractivity contribution in [2.24, 2.45) is 5.92 Å². The van der Waals surface area contributed by atoms with E-state index in [4.69, 9.17) is 0 Å². The molecule has 2 aliphatic heterocycles. The number of piperidine rings is 2. The van der Waals surface area contributed by atoms with Gasteiger partial charge in [0.15, 0.2) is 0 Å². The highest BCUT2D eigenvalue weighted by atomic mass is 35.5. The summed E-state index contributed by atoms with van der Waals surface area (Å²) in [6.07, 6.45) is 7.03. The molecule has 4 heteroatoms. The Bertz CT molecular complexity index is 164. The van der Waals surface area contributed by atoms with Crippen LogP contribution in [0.1, 0.15) is 39.0 Å². The summed E-state index contributed by atoms with van der Waals surface area (Å²) in [7, 11) is 0. The van der Waals surface area contributed by atoms with Crippen LogP contribution in [-0.2, 0) is 0 Å². The Morgan fingerprint density at radius 1 is 1.06 bits per heavy atom. The average Bonchev–Trinajstić information content (AvgIpc) is 2.23. The van der Waals surface area contributed by atoms with E-state index in [0.717, 1.165) is 12.0 Å². The van der Waals surface area contributed by atoms with Crippen LogP contribution in [0.2, 0.25) is 0 Å². The van der Waals surface area contributed by atoms with E-state index in [1.807, 2.05) is 0 Å². The summed E-state index contributed by atoms with van der Waals surface area (Å²) in [5.74, 6) is 0.963. The second kappa shape index (κ2) is 8.57. The average molecular weight is 269 g/mol. The van der Waals surface area contributed by atoms with E-state index < -0.39 is 0 Å². The normalized spacial score (nSPS) is 27.9. The Morgan fingerprint density at radius 3 is 2.31 bits per heavy atom. The van der Waals surface area contributed by atoms with Gasteiger partial charge >= 0.3 is 0 Å². The van der Waals surface area contributed by atoms with Gasteiger partial charge in [0.25, 0.3) is 0 Å². The number of hydrogen-bond donors (Lipinski definition) is 1. The van der Waals surface area contributed by atoms with Gasteiger partial charge < -0.3 is 10.2 Å². The first-order valence-electron chi connectivity index (χ1n) is 6.30. The van der Waals surface area contributed by atoms with Crippen LogP contribution in [0, 0.1) is 5.92 Å². The summed E-state index contributed by atoms with van der Waals surface area (Å²) < 4.78 is 0. The van der Waals surface area contributed by atoms with Crippen LogP contribution in [-0.4, -0.2) is 37.1 Å². The topological polar surface area (TPSA) is 15.3 Å². The second-order valence-electron chi connectivity index (χ2n) is 5.13. The summed E-state index contributed by atoms with van der Waals surface area (Å²) in [5.41, 5.74) is 0. The van der Waals surface area contributed by atoms with Crippen LogP contribution in [0.15, 0.2) is 0 Å². The van der Waals surface area contributed by atoms with Crippen LogP contribution in [0.5, 0.6) is 0 Å². The maximum atomic E-state index is 3.64. The molecule has 2 saturated heterocycles. The van der Waals surface area contributed by atoms with Crippen molar-refractivity contribution < 1.29 is 0 Å². The highest BCUT2D eigenvalue weighted by Crippen LogP contribution is 2.17. The standard InChI is InChI=1S/C12H24N2.2ClH/c1-11-5-8-14(9-6-11)10-12-4-2-3-7-13-12;;/h11-13H,2-10H2,1H3;2*1H. The molecule has 0 saturated carbocycles. The Balaban J connectivity index is 0.00000112. The van der Waals surface area contributed by atoms with E-state index in [9.17, 15) is 0 Å². The zero-order valence-corrected chi connectivity index (χ0v) is 11.9. The monoisotopic (exact) mass is 268 g/mol. The molecule has 0 radical (unpaired) electrons. The van der Waals surface area contributed by atoms with E-state index in [1.165, 1.54) is 58.3 Å². The van der Waals surface area contributed by atoms with Crippen molar-refractivity contribution in [3.63, 3.8) is 0 Å². The molecule has 0 amide bonds. The van der Waals surface area contributed by atoms with Gasteiger partial charge in [-0.3, -0.25) is 0 Å². The fourth-order valence-corrected chi connectivity index (χ4v) is 2.64. The minimum Gasteiger partial charge on any atom is -0.313 e. The number of halogens is 2. The fraction of sp³-hybridized carbons (Fsp3) is 1.00. The molecule has 16 heavy (non-hydrogen) atoms. The number of nitrogens with zero attached hydrogens (tertiary/aromatic N) is 1. The molecular weight excluding hydrogens is 243 g/mol. The molecule has 0 aromatic rings. The summed E-state index contributed by atoms with van der Waals surface area (Å²) in [4.78, 5) is 2.66. The molecule has 1 N–H and O–H groups in total. The van der Waals surface area contributed by atoms with Crippen LogP contribution in [0.3, 0.4) is 0 Å². The fourth-order valence-electron chi connectivity index (χ4n) is 2.64. The molecule has 2 fully saturated rings. The molecule has 1 atom stereocenters. The van der Waals surface area contributed by atoms with Gasteiger partial charge in [0.1, 0.15) is 0 Å². The lowest BCUT2D eigenvalue weighted by Gasteiger charge is -2.34. The van der Waals surface area contributed by atoms with Gasteiger partial charge in [-0.2, -0.15) is 0 Å². The Kier molecular flexibility index (Phi) is 8.84. The molecule has 1 unspecified atom stereocenters. The van der Waals surface area contributed by atoms with Gasteiger partial charge in [-0.25, -0.2) is 0 Å². The molecule has 2 nitrogen and oxygen atoms in total. The molecule has 0 aromatic heterocycles. The molecule has 0 aromatic carbocycles. The van der Waals surface area contributed by atoms with E-state index >= 15 is 0 Å². The van der Waals surface area contributed by atoms with Gasteiger partial charge in [-0.15, -0.1) is 24.8 Å². The summed E-state index contributed by atoms with van der Waals surface area (Å²) in [5, 5.41) is 3.64. The number of likely N-dealkylation sites (tertiary alicyclic amines) is 1. The number of nitrogens with one attached hydrogen (secondary N) is 1. The predicted octanol–water partition coefficient (Wildman–Crippen LogP) is 2.70. The van der Waals surface area contributed by atoms with Crippen molar-refractivity contribution in [1.29, 1.82) is 0 Å². The van der Waals surface area contributed by atoms with Crippen molar-refractivity contribution in [2.45, 2.75) is 45.1 Å². The SMILES string of the molecule is CC1CCN(CC2CCCCN2)CC1.Cl.Cl. The lowest BCUT2D eigenvalue weighted by Crippen LogP contribution is -2.45. The summed E-state index contributed by atoms with van der Waals surface area (Å²) in [6, 6.07) is 0.789. The first-order valence-corrected chi connectivity index (χ1v) is 6.30. The van der Waals surface area contributed by atoms with Gasteiger partial charge in [0.2, 0.25) is 0 Å². The van der Waals surface area contributed by atoms with E-state index in [0.29, 0.717) is 0 Å². The quantitative estimate of drug-likeness (QED) is 0.829. The molecular formula is C12H26Cl2N2. The third-order valence-corrected chi connectivity index (χ3v) is 3.77. The number of hydrogen-bond acceptors (Lipinski definition) is 2. The third-order valence-electron chi connectivity index (χ3n) is 3.77. The lowest BCUT2D eigenvalue weighted by molar-refractivity contribution is 0.166. The van der Waals surface area contributed by atoms with Crippen LogP contribution >= 0.6 is 24.8 Å². The van der Waals surface area contributed by atoms with Crippen LogP contribution < -0.4 is 5.32 Å². The lowest BCUT2D eigenvalue weighted by atomic mass is 9.97. The van der Waals surface area contributed by atoms with Gasteiger partial charge in [-0.05, 0) is 51.2 Å². The van der Waals surface area contributed by atoms with E-state index in [-0.39, 0.29) is 24.8 Å². The van der Waals surface area contributed by atoms with E-state index in [2.05, 4.69) is 17.1 Å². The zero-order chi connectivity index (χ0) is 9.80. The molecule has 2 heterocycles. The minimum atomic E-state index is 0. The maximum absolute atomic E-state index is 3.64. The van der Waals surface area contributed by atoms with Crippen LogP contribution in [0.25, 0.3) is 0 Å². The Hall–Kier alpha value is 0.500.